The zero-order valence-corrected chi connectivity index (χ0v) is 31.3. The number of hydrogen-bond acceptors (Lipinski definition) is 3. The summed E-state index contributed by atoms with van der Waals surface area (Å²) in [5.41, 5.74) is 12.4. The van der Waals surface area contributed by atoms with Gasteiger partial charge in [-0.25, -0.2) is 0 Å². The minimum Gasteiger partial charge on any atom is -0.491 e. The summed E-state index contributed by atoms with van der Waals surface area (Å²) < 4.78 is 12.7. The molecule has 0 atom stereocenters. The van der Waals surface area contributed by atoms with Gasteiger partial charge < -0.3 is 15.2 Å². The summed E-state index contributed by atoms with van der Waals surface area (Å²) in [4.78, 5) is 0. The summed E-state index contributed by atoms with van der Waals surface area (Å²) in [7, 11) is -0.269. The maximum absolute atomic E-state index is 6.36. The van der Waals surface area contributed by atoms with Crippen LogP contribution in [0.25, 0.3) is 16.7 Å². The van der Waals surface area contributed by atoms with Gasteiger partial charge in [0, 0.05) is 5.56 Å². The van der Waals surface area contributed by atoms with Crippen LogP contribution in [0.4, 0.5) is 0 Å². The van der Waals surface area contributed by atoms with Gasteiger partial charge in [-0.1, -0.05) is 70.7 Å². The smallest absolute Gasteiger partial charge is 0.491 e. The Balaban J connectivity index is 0.000000298. The molecule has 0 aromatic heterocycles. The SMILES string of the molecule is CC(C)Oc1cccc(OC(C)C)c1-c1ccc[c-]c1P(C1CCCCC1)C1CCCCC1.N[C-]1CC=CC=C1c1ccccc1.[Pd+2]. The molecule has 0 unspecified atom stereocenters. The Morgan fingerprint density at radius 3 is 1.85 bits per heavy atom. The molecule has 3 nitrogen and oxygen atoms in total. The van der Waals surface area contributed by atoms with Crippen LogP contribution in [0, 0.1) is 12.1 Å². The van der Waals surface area contributed by atoms with Gasteiger partial charge in [-0.2, -0.15) is 35.9 Å². The third kappa shape index (κ3) is 10.3. The second-order valence-electron chi connectivity index (χ2n) is 13.5. The quantitative estimate of drug-likeness (QED) is 0.135. The molecule has 0 bridgehead atoms. The van der Waals surface area contributed by atoms with Crippen molar-refractivity contribution in [2.24, 2.45) is 5.73 Å². The van der Waals surface area contributed by atoms with Gasteiger partial charge in [0.05, 0.1) is 12.2 Å². The van der Waals surface area contributed by atoms with Crippen molar-refractivity contribution in [1.29, 1.82) is 0 Å². The van der Waals surface area contributed by atoms with Crippen LogP contribution in [0.5, 0.6) is 11.5 Å². The molecule has 3 aliphatic rings. The van der Waals surface area contributed by atoms with E-state index in [-0.39, 0.29) is 40.6 Å². The van der Waals surface area contributed by atoms with Gasteiger partial charge in [0.15, 0.2) is 0 Å². The summed E-state index contributed by atoms with van der Waals surface area (Å²) in [6.07, 6.45) is 21.3. The third-order valence-corrected chi connectivity index (χ3v) is 12.7. The van der Waals surface area contributed by atoms with Crippen molar-refractivity contribution in [3.8, 4) is 22.6 Å². The Bertz CT molecular complexity index is 1380. The van der Waals surface area contributed by atoms with E-state index in [0.717, 1.165) is 46.4 Å². The molecule has 0 saturated heterocycles. The van der Waals surface area contributed by atoms with Crippen LogP contribution in [-0.4, -0.2) is 23.5 Å². The summed E-state index contributed by atoms with van der Waals surface area (Å²) >= 11 is 0. The van der Waals surface area contributed by atoms with E-state index in [1.807, 2.05) is 18.2 Å². The fourth-order valence-corrected chi connectivity index (χ4v) is 11.0. The van der Waals surface area contributed by atoms with E-state index in [1.165, 1.54) is 80.6 Å². The second-order valence-corrected chi connectivity index (χ2v) is 16.2. The van der Waals surface area contributed by atoms with Crippen molar-refractivity contribution in [2.45, 2.75) is 122 Å². The van der Waals surface area contributed by atoms with E-state index < -0.39 is 0 Å². The first-order valence-corrected chi connectivity index (χ1v) is 19.2. The monoisotopic (exact) mass is 741 g/mol. The first kappa shape index (κ1) is 37.5. The Hall–Kier alpha value is -2.34. The van der Waals surface area contributed by atoms with Crippen molar-refractivity contribution in [3.63, 3.8) is 0 Å². The van der Waals surface area contributed by atoms with Gasteiger partial charge in [-0.3, -0.25) is 0 Å². The molecule has 3 aromatic rings. The first-order valence-electron chi connectivity index (χ1n) is 17.7. The van der Waals surface area contributed by atoms with Crippen molar-refractivity contribution in [1.82, 2.24) is 0 Å². The first-order chi connectivity index (χ1) is 22.4. The van der Waals surface area contributed by atoms with Crippen LogP contribution in [0.2, 0.25) is 0 Å². The van der Waals surface area contributed by atoms with E-state index in [4.69, 9.17) is 15.2 Å². The Morgan fingerprint density at radius 2 is 1.32 bits per heavy atom. The number of benzene rings is 3. The second kappa shape index (κ2) is 19.0. The van der Waals surface area contributed by atoms with Crippen molar-refractivity contribution in [2.75, 3.05) is 0 Å². The standard InChI is InChI=1S/C30H42O2P.C12H12N.Pd/c1-22(2)31-27-19-13-20-28(32-23(3)4)30(27)26-18-11-12-21-29(26)33(24-14-7-5-8-15-24)25-16-9-6-10-17-25;13-12-9-5-4-8-11(12)10-6-2-1-3-7-10;/h11-13,18-20,22-25H,5-10,14-17H2,1-4H3;1-8H,9,13H2;/q2*-1;+2. The molecule has 0 amide bonds. The molecule has 47 heavy (non-hydrogen) atoms. The molecule has 0 heterocycles. The fourth-order valence-electron chi connectivity index (χ4n) is 7.18. The molecule has 0 aliphatic heterocycles. The van der Waals surface area contributed by atoms with Crippen LogP contribution in [0.3, 0.4) is 0 Å². The molecule has 5 heteroatoms. The summed E-state index contributed by atoms with van der Waals surface area (Å²) in [6, 6.07) is 27.9. The van der Waals surface area contributed by atoms with Gasteiger partial charge in [-0.15, -0.1) is 46.8 Å². The van der Waals surface area contributed by atoms with Crippen LogP contribution < -0.4 is 20.5 Å². The third-order valence-electron chi connectivity index (χ3n) is 9.18. The topological polar surface area (TPSA) is 44.5 Å². The van der Waals surface area contributed by atoms with E-state index in [0.29, 0.717) is 0 Å². The number of hydrogen-bond donors (Lipinski definition) is 1. The van der Waals surface area contributed by atoms with Crippen LogP contribution in [-0.2, 0) is 20.4 Å². The molecule has 2 saturated carbocycles. The van der Waals surface area contributed by atoms with Gasteiger partial charge in [0.2, 0.25) is 0 Å². The molecule has 2 fully saturated rings. The zero-order chi connectivity index (χ0) is 32.3. The summed E-state index contributed by atoms with van der Waals surface area (Å²) in [5, 5.41) is 1.47. The summed E-state index contributed by atoms with van der Waals surface area (Å²) in [6.45, 7) is 8.42. The maximum atomic E-state index is 6.36. The van der Waals surface area contributed by atoms with E-state index in [2.05, 4.69) is 101 Å². The van der Waals surface area contributed by atoms with E-state index >= 15 is 0 Å². The van der Waals surface area contributed by atoms with Gasteiger partial charge in [0.1, 0.15) is 11.5 Å². The largest absolute Gasteiger partial charge is 2.00 e. The van der Waals surface area contributed by atoms with E-state index in [9.17, 15) is 0 Å². The molecular weight excluding hydrogens is 688 g/mol. The molecule has 6 rings (SSSR count). The van der Waals surface area contributed by atoms with Gasteiger partial charge in [-0.05, 0) is 83.2 Å². The molecule has 2 N–H and O–H groups in total. The predicted octanol–water partition coefficient (Wildman–Crippen LogP) is 11.0. The minimum atomic E-state index is -0.269. The summed E-state index contributed by atoms with van der Waals surface area (Å²) in [5.74, 6) is 1.87. The molecule has 3 aliphatic carbocycles. The number of rotatable bonds is 9. The maximum Gasteiger partial charge on any atom is 2.00 e. The van der Waals surface area contributed by atoms with E-state index in [1.54, 1.807) is 0 Å². The normalized spacial score (nSPS) is 17.2. The number of allylic oxidation sites excluding steroid dienone is 2. The van der Waals surface area contributed by atoms with Crippen LogP contribution in [0.15, 0.2) is 85.0 Å². The molecule has 0 spiro atoms. The Labute approximate surface area is 300 Å². The van der Waals surface area contributed by atoms with Crippen LogP contribution in [0.1, 0.15) is 104 Å². The minimum absolute atomic E-state index is 0. The van der Waals surface area contributed by atoms with Crippen molar-refractivity contribution in [3.05, 3.63) is 103 Å². The zero-order valence-electron chi connectivity index (χ0n) is 28.8. The van der Waals surface area contributed by atoms with Crippen molar-refractivity contribution < 1.29 is 29.9 Å². The predicted molar refractivity (Wildman–Crippen MR) is 198 cm³/mol. The fraction of sp³-hybridized carbons (Fsp3) is 0.452. The van der Waals surface area contributed by atoms with Gasteiger partial charge >= 0.3 is 20.4 Å². The molecule has 3 aromatic carbocycles. The Kier molecular flexibility index (Phi) is 15.2. The van der Waals surface area contributed by atoms with Gasteiger partial charge in [0.25, 0.3) is 0 Å². The Morgan fingerprint density at radius 1 is 0.745 bits per heavy atom. The average molecular weight is 742 g/mol. The van der Waals surface area contributed by atoms with Crippen molar-refractivity contribution >= 4 is 18.8 Å². The average Bonchev–Trinajstić information content (AvgIpc) is 3.07. The number of ether oxygens (including phenoxy) is 2. The molecule has 254 valence electrons. The number of nitrogens with two attached hydrogens (primary N) is 1. The molecular formula is C42H54NO2PPd. The van der Waals surface area contributed by atoms with Crippen LogP contribution >= 0.6 is 7.92 Å². The molecule has 0 radical (unpaired) electrons.